The zero-order chi connectivity index (χ0) is 10.5. The summed E-state index contributed by atoms with van der Waals surface area (Å²) in [5.74, 6) is 0. The molecule has 0 aromatic heterocycles. The van der Waals surface area contributed by atoms with Crippen molar-refractivity contribution in [1.29, 1.82) is 0 Å². The molecule has 1 heterocycles. The number of hydrogen-bond acceptors (Lipinski definition) is 2. The molecule has 0 amide bonds. The van der Waals surface area contributed by atoms with Crippen LogP contribution in [-0.2, 0) is 0 Å². The Morgan fingerprint density at radius 1 is 1.23 bits per heavy atom. The highest BCUT2D eigenvalue weighted by atomic mass is 15.2. The van der Waals surface area contributed by atoms with Gasteiger partial charge in [0.25, 0.3) is 0 Å². The summed E-state index contributed by atoms with van der Waals surface area (Å²) in [6.07, 6.45) is 1.30. The number of likely N-dealkylation sites (tertiary alicyclic amines) is 1. The van der Waals surface area contributed by atoms with Crippen molar-refractivity contribution in [2.75, 3.05) is 20.1 Å². The monoisotopic (exact) mass is 186 g/mol. The quantitative estimate of drug-likeness (QED) is 0.674. The number of hydrogen-bond donors (Lipinski definition) is 1. The van der Waals surface area contributed by atoms with Gasteiger partial charge in [-0.3, -0.25) is 0 Å². The third-order valence-corrected chi connectivity index (χ3v) is 2.03. The van der Waals surface area contributed by atoms with Gasteiger partial charge >= 0.3 is 0 Å². The summed E-state index contributed by atoms with van der Waals surface area (Å²) in [4.78, 5) is 2.38. The standard InChI is InChI=1S/C9H20N2.C2H6/c1-9(2,3)10-8-5-6-11(4)7-8;1-2/h8,10H,5-7H2,1-4H3;1-2H3. The van der Waals surface area contributed by atoms with Gasteiger partial charge in [-0.1, -0.05) is 13.8 Å². The predicted molar refractivity (Wildman–Crippen MR) is 60.1 cm³/mol. The molecular formula is C11H26N2. The maximum Gasteiger partial charge on any atom is 0.0211 e. The van der Waals surface area contributed by atoms with E-state index in [0.29, 0.717) is 6.04 Å². The van der Waals surface area contributed by atoms with Crippen LogP contribution in [0, 0.1) is 0 Å². The van der Waals surface area contributed by atoms with Crippen molar-refractivity contribution in [3.05, 3.63) is 0 Å². The van der Waals surface area contributed by atoms with Crippen molar-refractivity contribution in [2.45, 2.75) is 52.6 Å². The first-order valence-electron chi connectivity index (χ1n) is 5.43. The van der Waals surface area contributed by atoms with E-state index in [4.69, 9.17) is 0 Å². The molecule has 13 heavy (non-hydrogen) atoms. The number of likely N-dealkylation sites (N-methyl/N-ethyl adjacent to an activating group) is 1. The first kappa shape index (κ1) is 12.9. The van der Waals surface area contributed by atoms with Crippen molar-refractivity contribution >= 4 is 0 Å². The summed E-state index contributed by atoms with van der Waals surface area (Å²) in [7, 11) is 2.18. The molecule has 1 aliphatic rings. The third kappa shape index (κ3) is 6.05. The highest BCUT2D eigenvalue weighted by Gasteiger charge is 2.23. The Kier molecular flexibility index (Phi) is 5.57. The fraction of sp³-hybridized carbons (Fsp3) is 1.00. The lowest BCUT2D eigenvalue weighted by molar-refractivity contribution is 0.343. The van der Waals surface area contributed by atoms with Crippen LogP contribution in [0.5, 0.6) is 0 Å². The summed E-state index contributed by atoms with van der Waals surface area (Å²) in [5, 5.41) is 3.61. The van der Waals surface area contributed by atoms with Gasteiger partial charge < -0.3 is 10.2 Å². The topological polar surface area (TPSA) is 15.3 Å². The Balaban J connectivity index is 0.000000671. The van der Waals surface area contributed by atoms with Crippen molar-refractivity contribution in [3.8, 4) is 0 Å². The van der Waals surface area contributed by atoms with E-state index in [-0.39, 0.29) is 5.54 Å². The van der Waals surface area contributed by atoms with Crippen molar-refractivity contribution < 1.29 is 0 Å². The van der Waals surface area contributed by atoms with Crippen LogP contribution in [-0.4, -0.2) is 36.6 Å². The Hall–Kier alpha value is -0.0800. The van der Waals surface area contributed by atoms with E-state index >= 15 is 0 Å². The maximum absolute atomic E-state index is 3.61. The molecule has 1 atom stereocenters. The van der Waals surface area contributed by atoms with Gasteiger partial charge in [0, 0.05) is 18.1 Å². The average Bonchev–Trinajstić information content (AvgIpc) is 2.36. The fourth-order valence-electron chi connectivity index (χ4n) is 1.67. The molecule has 0 aliphatic carbocycles. The zero-order valence-electron chi connectivity index (χ0n) is 10.1. The molecule has 80 valence electrons. The van der Waals surface area contributed by atoms with E-state index < -0.39 is 0 Å². The second kappa shape index (κ2) is 5.61. The zero-order valence-corrected chi connectivity index (χ0v) is 10.1. The number of nitrogens with one attached hydrogen (secondary N) is 1. The molecule has 0 spiro atoms. The number of nitrogens with zero attached hydrogens (tertiary/aromatic N) is 1. The van der Waals surface area contributed by atoms with Gasteiger partial charge in [-0.2, -0.15) is 0 Å². The van der Waals surface area contributed by atoms with Crippen molar-refractivity contribution in [3.63, 3.8) is 0 Å². The van der Waals surface area contributed by atoms with Gasteiger partial charge in [0.15, 0.2) is 0 Å². The minimum absolute atomic E-state index is 0.274. The molecule has 0 radical (unpaired) electrons. The van der Waals surface area contributed by atoms with Crippen LogP contribution in [0.2, 0.25) is 0 Å². The second-order valence-corrected chi connectivity index (χ2v) is 4.64. The lowest BCUT2D eigenvalue weighted by Gasteiger charge is -2.25. The number of rotatable bonds is 1. The van der Waals surface area contributed by atoms with Crippen LogP contribution in [0.1, 0.15) is 41.0 Å². The van der Waals surface area contributed by atoms with E-state index in [1.54, 1.807) is 0 Å². The molecule has 0 aromatic carbocycles. The molecule has 2 heteroatoms. The summed E-state index contributed by atoms with van der Waals surface area (Å²) in [6.45, 7) is 13.1. The molecule has 0 bridgehead atoms. The first-order valence-corrected chi connectivity index (χ1v) is 5.43. The second-order valence-electron chi connectivity index (χ2n) is 4.64. The molecule has 1 unspecified atom stereocenters. The van der Waals surface area contributed by atoms with Crippen LogP contribution in [0.25, 0.3) is 0 Å². The Morgan fingerprint density at radius 2 is 1.77 bits per heavy atom. The summed E-state index contributed by atoms with van der Waals surface area (Å²) in [5.41, 5.74) is 0.274. The van der Waals surface area contributed by atoms with Gasteiger partial charge in [-0.25, -0.2) is 0 Å². The molecule has 1 rings (SSSR count). The highest BCUT2D eigenvalue weighted by Crippen LogP contribution is 2.10. The van der Waals surface area contributed by atoms with Gasteiger partial charge in [0.1, 0.15) is 0 Å². The maximum atomic E-state index is 3.61. The molecular weight excluding hydrogens is 160 g/mol. The van der Waals surface area contributed by atoms with Gasteiger partial charge in [0.2, 0.25) is 0 Å². The van der Waals surface area contributed by atoms with Crippen LogP contribution >= 0.6 is 0 Å². The Morgan fingerprint density at radius 3 is 2.08 bits per heavy atom. The Labute approximate surface area is 83.7 Å². The van der Waals surface area contributed by atoms with Gasteiger partial charge in [-0.15, -0.1) is 0 Å². The smallest absolute Gasteiger partial charge is 0.0211 e. The van der Waals surface area contributed by atoms with E-state index in [1.807, 2.05) is 13.8 Å². The molecule has 2 nitrogen and oxygen atoms in total. The van der Waals surface area contributed by atoms with Crippen LogP contribution in [0.15, 0.2) is 0 Å². The molecule has 0 saturated carbocycles. The largest absolute Gasteiger partial charge is 0.308 e. The predicted octanol–water partition coefficient (Wildman–Crippen LogP) is 2.10. The van der Waals surface area contributed by atoms with Gasteiger partial charge in [0.05, 0.1) is 0 Å². The lowest BCUT2D eigenvalue weighted by atomic mass is 10.1. The average molecular weight is 186 g/mol. The minimum atomic E-state index is 0.274. The van der Waals surface area contributed by atoms with E-state index in [2.05, 4.69) is 38.0 Å². The van der Waals surface area contributed by atoms with Crippen molar-refractivity contribution in [2.24, 2.45) is 0 Å². The van der Waals surface area contributed by atoms with Crippen molar-refractivity contribution in [1.82, 2.24) is 10.2 Å². The lowest BCUT2D eigenvalue weighted by Crippen LogP contribution is -2.44. The van der Waals surface area contributed by atoms with Crippen LogP contribution in [0.4, 0.5) is 0 Å². The molecule has 0 aromatic rings. The van der Waals surface area contributed by atoms with E-state index in [9.17, 15) is 0 Å². The summed E-state index contributed by atoms with van der Waals surface area (Å²) < 4.78 is 0. The molecule has 1 N–H and O–H groups in total. The third-order valence-electron chi connectivity index (χ3n) is 2.03. The molecule has 1 aliphatic heterocycles. The fourth-order valence-corrected chi connectivity index (χ4v) is 1.67. The minimum Gasteiger partial charge on any atom is -0.308 e. The highest BCUT2D eigenvalue weighted by molar-refractivity contribution is 4.84. The summed E-state index contributed by atoms with van der Waals surface area (Å²) >= 11 is 0. The normalized spacial score (nSPS) is 24.0. The van der Waals surface area contributed by atoms with Gasteiger partial charge in [-0.05, 0) is 40.8 Å². The summed E-state index contributed by atoms with van der Waals surface area (Å²) in [6, 6.07) is 0.708. The van der Waals surface area contributed by atoms with E-state index in [0.717, 1.165) is 0 Å². The molecule has 1 saturated heterocycles. The Bertz CT molecular complexity index is 127. The SMILES string of the molecule is CC.CN1CCC(NC(C)(C)C)C1. The first-order chi connectivity index (χ1) is 5.97. The van der Waals surface area contributed by atoms with Crippen LogP contribution in [0.3, 0.4) is 0 Å². The van der Waals surface area contributed by atoms with E-state index in [1.165, 1.54) is 19.5 Å². The van der Waals surface area contributed by atoms with Crippen LogP contribution < -0.4 is 5.32 Å². The molecule has 1 fully saturated rings.